The molecule has 0 aliphatic heterocycles. The molecule has 0 heterocycles. The smallest absolute Gasteiger partial charge is 0.0870 e. The molecule has 0 aromatic rings. The van der Waals surface area contributed by atoms with Gasteiger partial charge < -0.3 is 10.2 Å². The summed E-state index contributed by atoms with van der Waals surface area (Å²) in [5.41, 5.74) is 0. The second-order valence-corrected chi connectivity index (χ2v) is 2.49. The zero-order valence-corrected chi connectivity index (χ0v) is 6.06. The van der Waals surface area contributed by atoms with Crippen molar-refractivity contribution in [2.24, 2.45) is 0 Å². The zero-order chi connectivity index (χ0) is 6.57. The summed E-state index contributed by atoms with van der Waals surface area (Å²) in [5.74, 6) is 0. The number of aliphatic hydroxyl groups is 2. The van der Waals surface area contributed by atoms with E-state index >= 15 is 0 Å². The number of aliphatic hydroxyl groups excluding tert-OH is 2. The Morgan fingerprint density at radius 3 is 2.38 bits per heavy atom. The molecule has 0 radical (unpaired) electrons. The molecule has 2 nitrogen and oxygen atoms in total. The van der Waals surface area contributed by atoms with Gasteiger partial charge in [-0.2, -0.15) is 0 Å². The van der Waals surface area contributed by atoms with E-state index in [2.05, 4.69) is 22.5 Å². The molecular formula is C5H9BrO2. The molecule has 1 unspecified atom stereocenters. The highest BCUT2D eigenvalue weighted by atomic mass is 79.9. The molecule has 0 fully saturated rings. The zero-order valence-electron chi connectivity index (χ0n) is 4.47. The van der Waals surface area contributed by atoms with E-state index in [-0.39, 0.29) is 6.61 Å². The Morgan fingerprint density at radius 2 is 2.25 bits per heavy atom. The quantitative estimate of drug-likeness (QED) is 0.670. The maximum atomic E-state index is 8.82. The van der Waals surface area contributed by atoms with Crippen LogP contribution in [-0.4, -0.2) is 22.9 Å². The van der Waals surface area contributed by atoms with Crippen LogP contribution in [0, 0.1) is 0 Å². The highest BCUT2D eigenvalue weighted by Crippen LogP contribution is 2.09. The van der Waals surface area contributed by atoms with Gasteiger partial charge in [0.25, 0.3) is 0 Å². The van der Waals surface area contributed by atoms with Crippen molar-refractivity contribution in [2.75, 3.05) is 6.61 Å². The first-order valence-electron chi connectivity index (χ1n) is 2.31. The molecule has 8 heavy (non-hydrogen) atoms. The van der Waals surface area contributed by atoms with Crippen LogP contribution in [-0.2, 0) is 0 Å². The maximum Gasteiger partial charge on any atom is 0.0870 e. The van der Waals surface area contributed by atoms with Gasteiger partial charge in [0.15, 0.2) is 0 Å². The Kier molecular flexibility index (Phi) is 4.13. The first kappa shape index (κ1) is 8.14. The molecule has 0 bridgehead atoms. The lowest BCUT2D eigenvalue weighted by Gasteiger charge is -2.03. The van der Waals surface area contributed by atoms with Crippen LogP contribution >= 0.6 is 15.9 Å². The van der Waals surface area contributed by atoms with E-state index in [4.69, 9.17) is 10.2 Å². The molecule has 0 saturated heterocycles. The summed E-state index contributed by atoms with van der Waals surface area (Å²) in [5, 5.41) is 17.1. The van der Waals surface area contributed by atoms with Gasteiger partial charge in [-0.25, -0.2) is 0 Å². The van der Waals surface area contributed by atoms with Gasteiger partial charge in [0.1, 0.15) is 0 Å². The third-order valence-electron chi connectivity index (χ3n) is 0.764. The monoisotopic (exact) mass is 180 g/mol. The molecule has 1 atom stereocenters. The van der Waals surface area contributed by atoms with Gasteiger partial charge in [0.2, 0.25) is 0 Å². The van der Waals surface area contributed by atoms with Gasteiger partial charge in [-0.3, -0.25) is 0 Å². The number of hydrogen-bond acceptors (Lipinski definition) is 2. The third kappa shape index (κ3) is 3.18. The molecule has 0 aliphatic carbocycles. The summed E-state index contributed by atoms with van der Waals surface area (Å²) in [4.78, 5) is 0. The lowest BCUT2D eigenvalue weighted by Crippen LogP contribution is -2.07. The Morgan fingerprint density at radius 1 is 1.75 bits per heavy atom. The summed E-state index contributed by atoms with van der Waals surface area (Å²) < 4.78 is 0.520. The fourth-order valence-electron chi connectivity index (χ4n) is 0.279. The molecule has 0 saturated carbocycles. The second-order valence-electron chi connectivity index (χ2n) is 1.47. The minimum atomic E-state index is -0.611. The molecule has 0 rings (SSSR count). The van der Waals surface area contributed by atoms with Crippen LogP contribution in [0.3, 0.4) is 0 Å². The average Bonchev–Trinajstić information content (AvgIpc) is 1.67. The fourth-order valence-corrected chi connectivity index (χ4v) is 0.508. The van der Waals surface area contributed by atoms with E-state index in [1.54, 1.807) is 0 Å². The van der Waals surface area contributed by atoms with Crippen LogP contribution in [0.1, 0.15) is 6.42 Å². The lowest BCUT2D eigenvalue weighted by atomic mass is 10.3. The Hall–Kier alpha value is 0.140. The molecule has 0 amide bonds. The van der Waals surface area contributed by atoms with Crippen molar-refractivity contribution >= 4 is 15.9 Å². The Bertz CT molecular complexity index is 82.5. The predicted octanol–water partition coefficient (Wildman–Crippen LogP) is 0.638. The Labute approximate surface area is 57.0 Å². The van der Waals surface area contributed by atoms with Crippen molar-refractivity contribution in [2.45, 2.75) is 12.5 Å². The summed E-state index contributed by atoms with van der Waals surface area (Å²) >= 11 is 2.99. The number of halogens is 1. The first-order chi connectivity index (χ1) is 3.68. The minimum Gasteiger partial charge on any atom is -0.396 e. The molecule has 0 spiro atoms. The van der Waals surface area contributed by atoms with Crippen molar-refractivity contribution in [3.05, 3.63) is 11.1 Å². The maximum absolute atomic E-state index is 8.82. The largest absolute Gasteiger partial charge is 0.396 e. The highest BCUT2D eigenvalue weighted by Gasteiger charge is 2.02. The third-order valence-corrected chi connectivity index (χ3v) is 1.29. The molecule has 0 aromatic carbocycles. The van der Waals surface area contributed by atoms with Crippen molar-refractivity contribution in [3.63, 3.8) is 0 Å². The van der Waals surface area contributed by atoms with Crippen LogP contribution in [0.4, 0.5) is 0 Å². The second kappa shape index (κ2) is 4.06. The minimum absolute atomic E-state index is 0.00815. The van der Waals surface area contributed by atoms with E-state index in [1.165, 1.54) is 0 Å². The van der Waals surface area contributed by atoms with Crippen molar-refractivity contribution < 1.29 is 10.2 Å². The van der Waals surface area contributed by atoms with Gasteiger partial charge in [-0.15, -0.1) is 0 Å². The fraction of sp³-hybridized carbons (Fsp3) is 0.600. The predicted molar refractivity (Wildman–Crippen MR) is 35.8 cm³/mol. The normalized spacial score (nSPS) is 13.4. The summed E-state index contributed by atoms with van der Waals surface area (Å²) in [7, 11) is 0. The van der Waals surface area contributed by atoms with Crippen LogP contribution in [0.2, 0.25) is 0 Å². The van der Waals surface area contributed by atoms with Crippen LogP contribution < -0.4 is 0 Å². The van der Waals surface area contributed by atoms with Crippen molar-refractivity contribution in [1.29, 1.82) is 0 Å². The van der Waals surface area contributed by atoms with Crippen LogP contribution in [0.5, 0.6) is 0 Å². The van der Waals surface area contributed by atoms with Crippen LogP contribution in [0.15, 0.2) is 11.1 Å². The van der Waals surface area contributed by atoms with Gasteiger partial charge >= 0.3 is 0 Å². The SMILES string of the molecule is C=C(Br)C(O)CCO. The molecule has 48 valence electrons. The van der Waals surface area contributed by atoms with Crippen LogP contribution in [0.25, 0.3) is 0 Å². The van der Waals surface area contributed by atoms with Crippen molar-refractivity contribution in [1.82, 2.24) is 0 Å². The van der Waals surface area contributed by atoms with E-state index in [0.29, 0.717) is 10.9 Å². The van der Waals surface area contributed by atoms with Gasteiger partial charge in [0.05, 0.1) is 6.10 Å². The summed E-state index contributed by atoms with van der Waals surface area (Å²) in [6.07, 6.45) is -0.260. The Balaban J connectivity index is 3.32. The molecule has 3 heteroatoms. The molecular weight excluding hydrogens is 172 g/mol. The van der Waals surface area contributed by atoms with E-state index in [0.717, 1.165) is 0 Å². The number of rotatable bonds is 3. The molecule has 0 aliphatic rings. The topological polar surface area (TPSA) is 40.5 Å². The average molecular weight is 181 g/mol. The van der Waals surface area contributed by atoms with Gasteiger partial charge in [-0.05, 0) is 0 Å². The number of hydrogen-bond donors (Lipinski definition) is 2. The standard InChI is InChI=1S/C5H9BrO2/c1-4(6)5(8)2-3-7/h5,7-8H,1-3H2. The molecule has 2 N–H and O–H groups in total. The van der Waals surface area contributed by atoms with Gasteiger partial charge in [-0.1, -0.05) is 22.5 Å². The van der Waals surface area contributed by atoms with E-state index in [9.17, 15) is 0 Å². The lowest BCUT2D eigenvalue weighted by molar-refractivity contribution is 0.168. The first-order valence-corrected chi connectivity index (χ1v) is 3.11. The molecule has 0 aromatic heterocycles. The van der Waals surface area contributed by atoms with Crippen molar-refractivity contribution in [3.8, 4) is 0 Å². The van der Waals surface area contributed by atoms with Gasteiger partial charge in [0, 0.05) is 17.5 Å². The highest BCUT2D eigenvalue weighted by molar-refractivity contribution is 9.11. The summed E-state index contributed by atoms with van der Waals surface area (Å²) in [6.45, 7) is 3.42. The summed E-state index contributed by atoms with van der Waals surface area (Å²) in [6, 6.07) is 0. The van der Waals surface area contributed by atoms with E-state index in [1.807, 2.05) is 0 Å². The van der Waals surface area contributed by atoms with E-state index < -0.39 is 6.10 Å².